The average molecular weight is 175 g/mol. The van der Waals surface area contributed by atoms with Crippen molar-refractivity contribution in [3.8, 4) is 11.8 Å². The van der Waals surface area contributed by atoms with Gasteiger partial charge in [0.25, 0.3) is 5.88 Å². The molecule has 1 aromatic heterocycles. The van der Waals surface area contributed by atoms with Crippen molar-refractivity contribution >= 4 is 11.6 Å². The lowest BCUT2D eigenvalue weighted by molar-refractivity contribution is 0.361. The summed E-state index contributed by atoms with van der Waals surface area (Å²) in [5, 5.41) is 0.230. The van der Waals surface area contributed by atoms with E-state index >= 15 is 0 Å². The van der Waals surface area contributed by atoms with Crippen LogP contribution in [-0.4, -0.2) is 24.2 Å². The average Bonchev–Trinajstić information content (AvgIpc) is 2.05. The highest BCUT2D eigenvalue weighted by molar-refractivity contribution is 6.30. The number of hydrogen-bond acceptors (Lipinski definition) is 4. The van der Waals surface area contributed by atoms with Crippen LogP contribution in [0.1, 0.15) is 0 Å². The van der Waals surface area contributed by atoms with Crippen molar-refractivity contribution < 1.29 is 9.47 Å². The van der Waals surface area contributed by atoms with Gasteiger partial charge in [0, 0.05) is 0 Å². The molecule has 1 heterocycles. The minimum absolute atomic E-state index is 0.230. The Kier molecular flexibility index (Phi) is 2.48. The standard InChI is InChI=1S/C6H7ClN2O2/c1-10-4-3-8-5(7)6(9-4)11-2/h3H,1-2H3. The van der Waals surface area contributed by atoms with Crippen molar-refractivity contribution in [2.24, 2.45) is 0 Å². The summed E-state index contributed by atoms with van der Waals surface area (Å²) in [6.45, 7) is 0. The van der Waals surface area contributed by atoms with Crippen molar-refractivity contribution in [1.29, 1.82) is 0 Å². The predicted octanol–water partition coefficient (Wildman–Crippen LogP) is 1.15. The fourth-order valence-electron chi connectivity index (χ4n) is 0.570. The molecule has 0 saturated heterocycles. The molecule has 0 radical (unpaired) electrons. The highest BCUT2D eigenvalue weighted by Crippen LogP contribution is 2.20. The molecule has 0 atom stereocenters. The minimum Gasteiger partial charge on any atom is -0.480 e. The summed E-state index contributed by atoms with van der Waals surface area (Å²) in [7, 11) is 2.96. The molecule has 0 aliphatic rings. The minimum atomic E-state index is 0.230. The Bertz CT molecular complexity index is 254. The van der Waals surface area contributed by atoms with Gasteiger partial charge < -0.3 is 9.47 Å². The van der Waals surface area contributed by atoms with Crippen molar-refractivity contribution in [2.45, 2.75) is 0 Å². The molecule has 60 valence electrons. The molecule has 0 fully saturated rings. The zero-order valence-corrected chi connectivity index (χ0v) is 6.92. The summed E-state index contributed by atoms with van der Waals surface area (Å²) in [6.07, 6.45) is 1.42. The second-order valence-electron chi connectivity index (χ2n) is 1.71. The monoisotopic (exact) mass is 174 g/mol. The Labute approximate surface area is 69.1 Å². The summed E-state index contributed by atoms with van der Waals surface area (Å²) >= 11 is 5.60. The summed E-state index contributed by atoms with van der Waals surface area (Å²) < 4.78 is 9.60. The molecule has 0 unspecified atom stereocenters. The highest BCUT2D eigenvalue weighted by atomic mass is 35.5. The largest absolute Gasteiger partial charge is 0.480 e. The van der Waals surface area contributed by atoms with E-state index in [9.17, 15) is 0 Å². The van der Waals surface area contributed by atoms with Crippen LogP contribution in [0.2, 0.25) is 5.15 Å². The van der Waals surface area contributed by atoms with Gasteiger partial charge in [-0.1, -0.05) is 11.6 Å². The maximum atomic E-state index is 5.60. The third-order valence-corrected chi connectivity index (χ3v) is 1.34. The molecule has 0 saturated carbocycles. The predicted molar refractivity (Wildman–Crippen MR) is 40.1 cm³/mol. The van der Waals surface area contributed by atoms with Crippen LogP contribution in [0.4, 0.5) is 0 Å². The first-order valence-electron chi connectivity index (χ1n) is 2.88. The third kappa shape index (κ3) is 1.71. The smallest absolute Gasteiger partial charge is 0.255 e. The van der Waals surface area contributed by atoms with Crippen molar-refractivity contribution in [1.82, 2.24) is 9.97 Å². The Hall–Kier alpha value is -1.03. The lowest BCUT2D eigenvalue weighted by Crippen LogP contribution is -1.94. The van der Waals surface area contributed by atoms with Crippen molar-refractivity contribution in [3.63, 3.8) is 0 Å². The fraction of sp³-hybridized carbons (Fsp3) is 0.333. The number of halogens is 1. The van der Waals surface area contributed by atoms with Crippen LogP contribution in [0.5, 0.6) is 11.8 Å². The van der Waals surface area contributed by atoms with Gasteiger partial charge in [0.05, 0.1) is 20.4 Å². The van der Waals surface area contributed by atoms with Gasteiger partial charge in [0.15, 0.2) is 5.15 Å². The van der Waals surface area contributed by atoms with E-state index in [0.29, 0.717) is 5.88 Å². The zero-order chi connectivity index (χ0) is 8.27. The number of ether oxygens (including phenoxy) is 2. The number of aromatic nitrogens is 2. The first kappa shape index (κ1) is 8.07. The SMILES string of the molecule is COc1cnc(Cl)c(OC)n1. The van der Waals surface area contributed by atoms with Crippen LogP contribution < -0.4 is 9.47 Å². The van der Waals surface area contributed by atoms with E-state index in [-0.39, 0.29) is 11.0 Å². The second-order valence-corrected chi connectivity index (χ2v) is 2.07. The highest BCUT2D eigenvalue weighted by Gasteiger charge is 2.04. The molecule has 0 bridgehead atoms. The maximum absolute atomic E-state index is 5.60. The van der Waals surface area contributed by atoms with E-state index in [0.717, 1.165) is 0 Å². The van der Waals surface area contributed by atoms with E-state index < -0.39 is 0 Å². The first-order valence-corrected chi connectivity index (χ1v) is 3.26. The van der Waals surface area contributed by atoms with Gasteiger partial charge in [0.1, 0.15) is 0 Å². The van der Waals surface area contributed by atoms with Crippen LogP contribution >= 0.6 is 11.6 Å². The van der Waals surface area contributed by atoms with Gasteiger partial charge >= 0.3 is 0 Å². The van der Waals surface area contributed by atoms with Crippen molar-refractivity contribution in [3.05, 3.63) is 11.3 Å². The van der Waals surface area contributed by atoms with Gasteiger partial charge in [-0.25, -0.2) is 4.98 Å². The number of methoxy groups -OCH3 is 2. The van der Waals surface area contributed by atoms with Gasteiger partial charge in [-0.3, -0.25) is 0 Å². The Morgan fingerprint density at radius 1 is 1.36 bits per heavy atom. The Morgan fingerprint density at radius 2 is 2.09 bits per heavy atom. The molecule has 4 nitrogen and oxygen atoms in total. The van der Waals surface area contributed by atoms with E-state index in [4.69, 9.17) is 21.1 Å². The lowest BCUT2D eigenvalue weighted by Gasteiger charge is -2.01. The van der Waals surface area contributed by atoms with Gasteiger partial charge in [-0.05, 0) is 0 Å². The molecule has 11 heavy (non-hydrogen) atoms. The molecule has 0 aromatic carbocycles. The van der Waals surface area contributed by atoms with Gasteiger partial charge in [-0.15, -0.1) is 0 Å². The molecule has 5 heteroatoms. The Balaban J connectivity index is 3.02. The first-order chi connectivity index (χ1) is 5.27. The van der Waals surface area contributed by atoms with E-state index in [2.05, 4.69) is 9.97 Å². The second kappa shape index (κ2) is 3.39. The number of hydrogen-bond donors (Lipinski definition) is 0. The number of nitrogens with zero attached hydrogens (tertiary/aromatic N) is 2. The zero-order valence-electron chi connectivity index (χ0n) is 6.17. The van der Waals surface area contributed by atoms with Crippen LogP contribution in [0.25, 0.3) is 0 Å². The third-order valence-electron chi connectivity index (χ3n) is 1.08. The van der Waals surface area contributed by atoms with Crippen LogP contribution in [0, 0.1) is 0 Å². The quantitative estimate of drug-likeness (QED) is 0.675. The topological polar surface area (TPSA) is 44.2 Å². The fourth-order valence-corrected chi connectivity index (χ4v) is 0.739. The molecule has 0 spiro atoms. The van der Waals surface area contributed by atoms with Crippen LogP contribution in [-0.2, 0) is 0 Å². The van der Waals surface area contributed by atoms with E-state index in [1.54, 1.807) is 0 Å². The lowest BCUT2D eigenvalue weighted by atomic mass is 10.7. The molecule has 0 N–H and O–H groups in total. The van der Waals surface area contributed by atoms with Crippen molar-refractivity contribution in [2.75, 3.05) is 14.2 Å². The molecule has 0 aliphatic carbocycles. The molecule has 1 aromatic rings. The molecule has 0 amide bonds. The van der Waals surface area contributed by atoms with Crippen LogP contribution in [0.15, 0.2) is 6.20 Å². The van der Waals surface area contributed by atoms with Crippen LogP contribution in [0.3, 0.4) is 0 Å². The summed E-state index contributed by atoms with van der Waals surface area (Å²) in [4.78, 5) is 7.64. The van der Waals surface area contributed by atoms with Gasteiger partial charge in [0.2, 0.25) is 5.88 Å². The Morgan fingerprint density at radius 3 is 2.64 bits per heavy atom. The number of rotatable bonds is 2. The maximum Gasteiger partial charge on any atom is 0.255 e. The molecular formula is C6H7ClN2O2. The molecule has 1 rings (SSSR count). The summed E-state index contributed by atoms with van der Waals surface area (Å²) in [6, 6.07) is 0. The van der Waals surface area contributed by atoms with Gasteiger partial charge in [-0.2, -0.15) is 4.98 Å². The summed E-state index contributed by atoms with van der Waals surface area (Å²) in [5.41, 5.74) is 0. The molecule has 0 aliphatic heterocycles. The van der Waals surface area contributed by atoms with E-state index in [1.807, 2.05) is 0 Å². The molecular weight excluding hydrogens is 168 g/mol. The van der Waals surface area contributed by atoms with E-state index in [1.165, 1.54) is 20.4 Å². The normalized spacial score (nSPS) is 9.36. The summed E-state index contributed by atoms with van der Waals surface area (Å²) in [5.74, 6) is 0.650.